The number of aromatic nitrogens is 2. The highest BCUT2D eigenvalue weighted by atomic mass is 35.5. The third kappa shape index (κ3) is 3.89. The van der Waals surface area contributed by atoms with Crippen molar-refractivity contribution >= 4 is 40.6 Å². The lowest BCUT2D eigenvalue weighted by molar-refractivity contribution is 0.0544. The molecule has 2 aromatic rings. The number of ether oxygens (including phenoxy) is 1. The molecule has 2 heterocycles. The van der Waals surface area contributed by atoms with Crippen LogP contribution in [-0.2, 0) is 10.2 Å². The highest BCUT2D eigenvalue weighted by Gasteiger charge is 2.36. The maximum atomic E-state index is 6.46. The lowest BCUT2D eigenvalue weighted by atomic mass is 9.74. The topological polar surface area (TPSA) is 47.0 Å². The number of hydrogen-bond acceptors (Lipinski definition) is 4. The fourth-order valence-corrected chi connectivity index (χ4v) is 3.67. The highest BCUT2D eigenvalue weighted by Crippen LogP contribution is 2.39. The maximum absolute atomic E-state index is 6.46. The summed E-state index contributed by atoms with van der Waals surface area (Å²) in [6.07, 6.45) is 4.90. The highest BCUT2D eigenvalue weighted by molar-refractivity contribution is 6.35. The van der Waals surface area contributed by atoms with Gasteiger partial charge in [0.1, 0.15) is 11.0 Å². The van der Waals surface area contributed by atoms with E-state index in [1.807, 2.05) is 12.1 Å². The van der Waals surface area contributed by atoms with Gasteiger partial charge in [0.2, 0.25) is 0 Å². The molecule has 1 aliphatic rings. The van der Waals surface area contributed by atoms with Crippen molar-refractivity contribution in [3.05, 3.63) is 51.4 Å². The summed E-state index contributed by atoms with van der Waals surface area (Å²) < 4.78 is 5.53. The molecule has 1 fully saturated rings. The molecule has 0 aliphatic carbocycles. The van der Waals surface area contributed by atoms with Crippen molar-refractivity contribution < 1.29 is 4.74 Å². The number of nitrogens with zero attached hydrogens (tertiary/aromatic N) is 2. The molecule has 0 unspecified atom stereocenters. The second-order valence-corrected chi connectivity index (χ2v) is 6.83. The monoisotopic (exact) mass is 371 g/mol. The summed E-state index contributed by atoms with van der Waals surface area (Å²) in [7, 11) is 0. The summed E-state index contributed by atoms with van der Waals surface area (Å²) in [4.78, 5) is 8.27. The van der Waals surface area contributed by atoms with Gasteiger partial charge in [-0.25, -0.2) is 4.98 Å². The molecule has 4 nitrogen and oxygen atoms in total. The number of rotatable bonds is 4. The lowest BCUT2D eigenvalue weighted by Gasteiger charge is -2.38. The predicted octanol–water partition coefficient (Wildman–Crippen LogP) is 4.60. The first-order valence-corrected chi connectivity index (χ1v) is 8.47. The van der Waals surface area contributed by atoms with E-state index in [2.05, 4.69) is 15.3 Å². The van der Waals surface area contributed by atoms with Gasteiger partial charge in [0.05, 0.1) is 12.4 Å². The van der Waals surface area contributed by atoms with Crippen molar-refractivity contribution in [1.82, 2.24) is 9.97 Å². The van der Waals surface area contributed by atoms with Crippen LogP contribution in [0.25, 0.3) is 0 Å². The number of hydrogen-bond donors (Lipinski definition) is 1. The summed E-state index contributed by atoms with van der Waals surface area (Å²) in [6.45, 7) is 2.07. The Balaban J connectivity index is 1.87. The van der Waals surface area contributed by atoms with Crippen LogP contribution >= 0.6 is 34.8 Å². The van der Waals surface area contributed by atoms with Crippen molar-refractivity contribution in [2.45, 2.75) is 18.3 Å². The van der Waals surface area contributed by atoms with Crippen molar-refractivity contribution in [2.24, 2.45) is 0 Å². The van der Waals surface area contributed by atoms with Crippen LogP contribution in [0.5, 0.6) is 0 Å². The molecule has 1 saturated heterocycles. The first kappa shape index (κ1) is 16.8. The normalized spacial score (nSPS) is 17.0. The molecule has 7 heteroatoms. The van der Waals surface area contributed by atoms with Crippen LogP contribution in [0.3, 0.4) is 0 Å². The second-order valence-electron chi connectivity index (χ2n) is 5.60. The Morgan fingerprint density at radius 2 is 1.91 bits per heavy atom. The van der Waals surface area contributed by atoms with Gasteiger partial charge in [0.15, 0.2) is 0 Å². The van der Waals surface area contributed by atoms with E-state index in [9.17, 15) is 0 Å². The molecule has 0 atom stereocenters. The zero-order chi connectivity index (χ0) is 16.3. The average Bonchev–Trinajstić information content (AvgIpc) is 2.54. The van der Waals surface area contributed by atoms with Crippen molar-refractivity contribution in [1.29, 1.82) is 0 Å². The van der Waals surface area contributed by atoms with E-state index in [0.29, 0.717) is 40.8 Å². The van der Waals surface area contributed by atoms with Crippen LogP contribution in [0.4, 0.5) is 5.82 Å². The molecule has 1 N–H and O–H groups in total. The molecule has 0 bridgehead atoms. The van der Waals surface area contributed by atoms with E-state index >= 15 is 0 Å². The molecule has 122 valence electrons. The minimum Gasteiger partial charge on any atom is -0.381 e. The molecule has 0 radical (unpaired) electrons. The zero-order valence-electron chi connectivity index (χ0n) is 12.4. The second kappa shape index (κ2) is 7.22. The zero-order valence-corrected chi connectivity index (χ0v) is 14.6. The molecule has 0 saturated carbocycles. The Morgan fingerprint density at radius 3 is 2.61 bits per heavy atom. The molecule has 23 heavy (non-hydrogen) atoms. The standard InChI is InChI=1S/C16H16Cl3N3O/c17-11-1-2-12(13(18)7-11)16(3-5-23-6-4-16)10-21-15-9-20-8-14(19)22-15/h1-2,7-9H,3-6,10H2,(H,21,22). The maximum Gasteiger partial charge on any atom is 0.149 e. The fourth-order valence-electron chi connectivity index (χ4n) is 2.91. The number of benzene rings is 1. The van der Waals surface area contributed by atoms with Gasteiger partial charge in [-0.1, -0.05) is 40.9 Å². The third-order valence-corrected chi connectivity index (χ3v) is 4.90. The van der Waals surface area contributed by atoms with Gasteiger partial charge in [-0.05, 0) is 30.5 Å². The molecule has 1 aromatic carbocycles. The predicted molar refractivity (Wildman–Crippen MR) is 93.7 cm³/mol. The van der Waals surface area contributed by atoms with E-state index in [-0.39, 0.29) is 5.41 Å². The number of halogens is 3. The average molecular weight is 373 g/mol. The first-order valence-electron chi connectivity index (χ1n) is 7.34. The van der Waals surface area contributed by atoms with Gasteiger partial charge in [0, 0.05) is 35.2 Å². The SMILES string of the molecule is Clc1ccc(C2(CNc3cncc(Cl)n3)CCOCC2)c(Cl)c1. The van der Waals surface area contributed by atoms with Crippen LogP contribution in [-0.4, -0.2) is 29.7 Å². The van der Waals surface area contributed by atoms with Gasteiger partial charge in [-0.15, -0.1) is 0 Å². The Kier molecular flexibility index (Phi) is 5.27. The minimum atomic E-state index is -0.135. The molecule has 1 aliphatic heterocycles. The quantitative estimate of drug-likeness (QED) is 0.852. The largest absolute Gasteiger partial charge is 0.381 e. The van der Waals surface area contributed by atoms with E-state index in [4.69, 9.17) is 39.5 Å². The van der Waals surface area contributed by atoms with E-state index in [1.165, 1.54) is 6.20 Å². The van der Waals surface area contributed by atoms with Gasteiger partial charge in [-0.2, -0.15) is 0 Å². The summed E-state index contributed by atoms with van der Waals surface area (Å²) >= 11 is 18.4. The number of anilines is 1. The fraction of sp³-hybridized carbons (Fsp3) is 0.375. The summed E-state index contributed by atoms with van der Waals surface area (Å²) in [6, 6.07) is 5.66. The smallest absolute Gasteiger partial charge is 0.149 e. The van der Waals surface area contributed by atoms with Crippen LogP contribution in [0.2, 0.25) is 15.2 Å². The summed E-state index contributed by atoms with van der Waals surface area (Å²) in [5, 5.41) is 5.01. The van der Waals surface area contributed by atoms with Gasteiger partial charge >= 0.3 is 0 Å². The van der Waals surface area contributed by atoms with Gasteiger partial charge in [0.25, 0.3) is 0 Å². The molecular formula is C16H16Cl3N3O. The molecule has 1 aromatic heterocycles. The lowest BCUT2D eigenvalue weighted by Crippen LogP contribution is -2.40. The molecule has 0 spiro atoms. The number of nitrogens with one attached hydrogen (secondary N) is 1. The Morgan fingerprint density at radius 1 is 1.13 bits per heavy atom. The van der Waals surface area contributed by atoms with E-state index < -0.39 is 0 Å². The van der Waals surface area contributed by atoms with E-state index in [1.54, 1.807) is 12.3 Å². The Labute approximate surface area is 150 Å². The van der Waals surface area contributed by atoms with E-state index in [0.717, 1.165) is 18.4 Å². The van der Waals surface area contributed by atoms with Gasteiger partial charge in [-0.3, -0.25) is 4.98 Å². The first-order chi connectivity index (χ1) is 11.1. The minimum absolute atomic E-state index is 0.135. The van der Waals surface area contributed by atoms with Crippen molar-refractivity contribution in [2.75, 3.05) is 25.1 Å². The van der Waals surface area contributed by atoms with Crippen molar-refractivity contribution in [3.63, 3.8) is 0 Å². The van der Waals surface area contributed by atoms with Crippen molar-refractivity contribution in [3.8, 4) is 0 Å². The third-order valence-electron chi connectivity index (χ3n) is 4.17. The summed E-state index contributed by atoms with van der Waals surface area (Å²) in [5.74, 6) is 0.647. The van der Waals surface area contributed by atoms with Crippen LogP contribution in [0.15, 0.2) is 30.6 Å². The Bertz CT molecular complexity index is 690. The summed E-state index contributed by atoms with van der Waals surface area (Å²) in [5.41, 5.74) is 0.943. The van der Waals surface area contributed by atoms with Crippen LogP contribution in [0.1, 0.15) is 18.4 Å². The Hall–Kier alpha value is -1.07. The molecular weight excluding hydrogens is 357 g/mol. The van der Waals surface area contributed by atoms with Crippen LogP contribution < -0.4 is 5.32 Å². The molecule has 3 rings (SSSR count). The van der Waals surface area contributed by atoms with Crippen LogP contribution in [0, 0.1) is 0 Å². The molecule has 0 amide bonds. The van der Waals surface area contributed by atoms with Gasteiger partial charge < -0.3 is 10.1 Å².